The highest BCUT2D eigenvalue weighted by atomic mass is 16.2. The van der Waals surface area contributed by atoms with Gasteiger partial charge in [-0.25, -0.2) is 0 Å². The van der Waals surface area contributed by atoms with E-state index >= 15 is 0 Å². The minimum Gasteiger partial charge on any atom is -0.376 e. The van der Waals surface area contributed by atoms with Crippen LogP contribution >= 0.6 is 0 Å². The third-order valence-corrected chi connectivity index (χ3v) is 3.77. The van der Waals surface area contributed by atoms with Gasteiger partial charge in [0, 0.05) is 23.0 Å². The molecule has 0 radical (unpaired) electrons. The van der Waals surface area contributed by atoms with Gasteiger partial charge in [-0.15, -0.1) is 0 Å². The van der Waals surface area contributed by atoms with E-state index in [2.05, 4.69) is 16.0 Å². The van der Waals surface area contributed by atoms with Crippen molar-refractivity contribution in [3.63, 3.8) is 0 Å². The third kappa shape index (κ3) is 6.93. The lowest BCUT2D eigenvalue weighted by Gasteiger charge is -2.10. The average Bonchev–Trinajstić information content (AvgIpc) is 2.60. The monoisotopic (exact) mass is 367 g/mol. The normalized spacial score (nSPS) is 10.4. The van der Waals surface area contributed by atoms with Gasteiger partial charge in [0.2, 0.25) is 11.8 Å². The Labute approximate surface area is 159 Å². The Morgan fingerprint density at radius 1 is 0.926 bits per heavy atom. The molecule has 2 aromatic carbocycles. The van der Waals surface area contributed by atoms with Crippen LogP contribution in [-0.2, 0) is 16.0 Å². The van der Waals surface area contributed by atoms with Crippen LogP contribution < -0.4 is 16.0 Å². The van der Waals surface area contributed by atoms with Crippen LogP contribution in [0.3, 0.4) is 0 Å². The van der Waals surface area contributed by atoms with E-state index < -0.39 is 0 Å². The summed E-state index contributed by atoms with van der Waals surface area (Å²) in [6.07, 6.45) is 0.325. The Morgan fingerprint density at radius 3 is 2.26 bits per heavy atom. The van der Waals surface area contributed by atoms with E-state index in [-0.39, 0.29) is 30.2 Å². The summed E-state index contributed by atoms with van der Waals surface area (Å²) in [7, 11) is 0. The zero-order valence-electron chi connectivity index (χ0n) is 15.8. The van der Waals surface area contributed by atoms with Crippen molar-refractivity contribution < 1.29 is 14.4 Å². The molecule has 142 valence electrons. The number of carbonyl (C=O) groups excluding carboxylic acids is 3. The van der Waals surface area contributed by atoms with Crippen molar-refractivity contribution in [3.05, 3.63) is 59.7 Å². The van der Waals surface area contributed by atoms with Crippen LogP contribution in [0.2, 0.25) is 0 Å². The van der Waals surface area contributed by atoms with Gasteiger partial charge in [0.1, 0.15) is 0 Å². The van der Waals surface area contributed by atoms with Crippen molar-refractivity contribution in [2.75, 3.05) is 17.2 Å². The Hall–Kier alpha value is -3.15. The van der Waals surface area contributed by atoms with Crippen LogP contribution in [0.15, 0.2) is 48.5 Å². The molecule has 27 heavy (non-hydrogen) atoms. The molecule has 0 saturated heterocycles. The summed E-state index contributed by atoms with van der Waals surface area (Å²) < 4.78 is 0. The van der Waals surface area contributed by atoms with Crippen LogP contribution in [-0.4, -0.2) is 30.2 Å². The number of hydrogen-bond acceptors (Lipinski definition) is 4. The maximum absolute atomic E-state index is 12.1. The maximum Gasteiger partial charge on any atom is 0.243 e. The molecule has 0 atom stereocenters. The van der Waals surface area contributed by atoms with E-state index in [0.29, 0.717) is 17.7 Å². The largest absolute Gasteiger partial charge is 0.376 e. The van der Waals surface area contributed by atoms with Gasteiger partial charge in [-0.2, -0.15) is 0 Å². The lowest BCUT2D eigenvalue weighted by atomic mass is 10.1. The van der Waals surface area contributed by atoms with E-state index in [0.717, 1.165) is 11.3 Å². The molecule has 3 N–H and O–H groups in total. The Balaban J connectivity index is 1.84. The number of hydrogen-bond donors (Lipinski definition) is 3. The van der Waals surface area contributed by atoms with Crippen molar-refractivity contribution in [3.8, 4) is 0 Å². The molecule has 6 nitrogen and oxygen atoms in total. The molecular weight excluding hydrogens is 342 g/mol. The maximum atomic E-state index is 12.1. The first kappa shape index (κ1) is 20.2. The second-order valence-electron chi connectivity index (χ2n) is 6.63. The Bertz CT molecular complexity index is 814. The highest BCUT2D eigenvalue weighted by Crippen LogP contribution is 2.12. The van der Waals surface area contributed by atoms with E-state index in [4.69, 9.17) is 0 Å². The SMILES string of the molecule is CC(=O)c1cccc(NC(=O)CNc2ccc(CC(=O)NC(C)C)cc2)c1. The quantitative estimate of drug-likeness (QED) is 0.626. The van der Waals surface area contributed by atoms with Crippen molar-refractivity contribution >= 4 is 29.0 Å². The summed E-state index contributed by atoms with van der Waals surface area (Å²) in [4.78, 5) is 35.2. The lowest BCUT2D eigenvalue weighted by Crippen LogP contribution is -2.31. The highest BCUT2D eigenvalue weighted by Gasteiger charge is 2.07. The average molecular weight is 367 g/mol. The first-order chi connectivity index (χ1) is 12.8. The predicted molar refractivity (Wildman–Crippen MR) is 107 cm³/mol. The van der Waals surface area contributed by atoms with Crippen molar-refractivity contribution in [1.82, 2.24) is 5.32 Å². The number of rotatable bonds is 8. The number of nitrogens with one attached hydrogen (secondary N) is 3. The molecule has 0 heterocycles. The van der Waals surface area contributed by atoms with Crippen LogP contribution in [0.4, 0.5) is 11.4 Å². The molecule has 2 aromatic rings. The van der Waals surface area contributed by atoms with Crippen LogP contribution in [0, 0.1) is 0 Å². The summed E-state index contributed by atoms with van der Waals surface area (Å²) in [6, 6.07) is 14.3. The number of Topliss-reactive ketones (excluding diaryl/α,β-unsaturated/α-hetero) is 1. The fraction of sp³-hybridized carbons (Fsp3) is 0.286. The minimum absolute atomic E-state index is 0.0159. The smallest absolute Gasteiger partial charge is 0.243 e. The summed E-state index contributed by atoms with van der Waals surface area (Å²) in [5, 5.41) is 8.64. The lowest BCUT2D eigenvalue weighted by molar-refractivity contribution is -0.121. The van der Waals surface area contributed by atoms with E-state index in [1.54, 1.807) is 24.3 Å². The van der Waals surface area contributed by atoms with Gasteiger partial charge in [-0.3, -0.25) is 14.4 Å². The van der Waals surface area contributed by atoms with E-state index in [1.165, 1.54) is 6.92 Å². The Morgan fingerprint density at radius 2 is 1.63 bits per heavy atom. The van der Waals surface area contributed by atoms with Crippen molar-refractivity contribution in [2.24, 2.45) is 0 Å². The van der Waals surface area contributed by atoms with E-state index in [9.17, 15) is 14.4 Å². The van der Waals surface area contributed by atoms with Crippen molar-refractivity contribution in [2.45, 2.75) is 33.2 Å². The topological polar surface area (TPSA) is 87.3 Å². The zero-order valence-corrected chi connectivity index (χ0v) is 15.8. The number of anilines is 2. The second kappa shape index (κ2) is 9.52. The molecule has 0 saturated carbocycles. The number of amides is 2. The minimum atomic E-state index is -0.212. The van der Waals surface area contributed by atoms with E-state index in [1.807, 2.05) is 38.1 Å². The summed E-state index contributed by atoms with van der Waals surface area (Å²) in [6.45, 7) is 5.43. The number of carbonyl (C=O) groups is 3. The predicted octanol–water partition coefficient (Wildman–Crippen LogP) is 3.01. The number of ketones is 1. The zero-order chi connectivity index (χ0) is 19.8. The van der Waals surface area contributed by atoms with Crippen LogP contribution in [0.25, 0.3) is 0 Å². The molecule has 0 aromatic heterocycles. The summed E-state index contributed by atoms with van der Waals surface area (Å²) >= 11 is 0. The van der Waals surface area contributed by atoms with Crippen LogP contribution in [0.1, 0.15) is 36.7 Å². The molecule has 6 heteroatoms. The van der Waals surface area contributed by atoms with Gasteiger partial charge in [0.05, 0.1) is 13.0 Å². The molecule has 2 rings (SSSR count). The molecular formula is C21H25N3O3. The van der Waals surface area contributed by atoms with Gasteiger partial charge in [0.25, 0.3) is 0 Å². The third-order valence-electron chi connectivity index (χ3n) is 3.77. The molecule has 0 aliphatic heterocycles. The molecule has 0 aliphatic carbocycles. The highest BCUT2D eigenvalue weighted by molar-refractivity contribution is 5.98. The molecule has 0 unspecified atom stereocenters. The molecule has 2 amide bonds. The second-order valence-corrected chi connectivity index (χ2v) is 6.63. The molecule has 0 fully saturated rings. The van der Waals surface area contributed by atoms with Crippen LogP contribution in [0.5, 0.6) is 0 Å². The number of benzene rings is 2. The fourth-order valence-electron chi connectivity index (χ4n) is 2.50. The first-order valence-corrected chi connectivity index (χ1v) is 8.86. The standard InChI is InChI=1S/C21H25N3O3/c1-14(2)23-20(26)11-16-7-9-18(10-8-16)22-13-21(27)24-19-6-4-5-17(12-19)15(3)25/h4-10,12,14,22H,11,13H2,1-3H3,(H,23,26)(H,24,27). The first-order valence-electron chi connectivity index (χ1n) is 8.86. The molecule has 0 bridgehead atoms. The summed E-state index contributed by atoms with van der Waals surface area (Å²) in [5.74, 6) is -0.277. The summed E-state index contributed by atoms with van der Waals surface area (Å²) in [5.41, 5.74) is 2.83. The van der Waals surface area contributed by atoms with Gasteiger partial charge in [0.15, 0.2) is 5.78 Å². The van der Waals surface area contributed by atoms with Gasteiger partial charge < -0.3 is 16.0 Å². The van der Waals surface area contributed by atoms with Gasteiger partial charge in [-0.1, -0.05) is 24.3 Å². The molecule has 0 aliphatic rings. The van der Waals surface area contributed by atoms with Gasteiger partial charge >= 0.3 is 0 Å². The molecule has 0 spiro atoms. The van der Waals surface area contributed by atoms with Crippen molar-refractivity contribution in [1.29, 1.82) is 0 Å². The van der Waals surface area contributed by atoms with Gasteiger partial charge in [-0.05, 0) is 50.6 Å². The Kier molecular flexibility index (Phi) is 7.11. The fourth-order valence-corrected chi connectivity index (χ4v) is 2.50.